The van der Waals surface area contributed by atoms with Crippen LogP contribution in [0.25, 0.3) is 0 Å². The van der Waals surface area contributed by atoms with E-state index in [1.54, 1.807) is 0 Å². The van der Waals surface area contributed by atoms with E-state index in [-0.39, 0.29) is 17.3 Å². The first-order valence-electron chi connectivity index (χ1n) is 4.12. The number of carbonyl (C=O) groups excluding carboxylic acids is 2. The molecule has 0 aromatic carbocycles. The van der Waals surface area contributed by atoms with Crippen molar-refractivity contribution in [3.05, 3.63) is 17.0 Å². The van der Waals surface area contributed by atoms with Crippen molar-refractivity contribution in [2.45, 2.75) is 6.42 Å². The van der Waals surface area contributed by atoms with E-state index in [9.17, 15) is 9.59 Å². The minimum atomic E-state index is -0.623. The van der Waals surface area contributed by atoms with Gasteiger partial charge in [0, 0.05) is 35.7 Å². The molecule has 1 aliphatic rings. The van der Waals surface area contributed by atoms with Crippen LogP contribution in [0.2, 0.25) is 0 Å². The van der Waals surface area contributed by atoms with Gasteiger partial charge >= 0.3 is 5.91 Å². The summed E-state index contributed by atoms with van der Waals surface area (Å²) < 4.78 is 0.403. The highest BCUT2D eigenvalue weighted by Crippen LogP contribution is 2.18. The van der Waals surface area contributed by atoms with Crippen molar-refractivity contribution in [2.75, 3.05) is 6.54 Å². The SMILES string of the molecule is O=C1NCCc2c1n[nH]c2C(=O)N(Cl)Cl. The Morgan fingerprint density at radius 3 is 2.87 bits per heavy atom. The molecule has 0 spiro atoms. The van der Waals surface area contributed by atoms with E-state index in [1.165, 1.54) is 0 Å². The summed E-state index contributed by atoms with van der Waals surface area (Å²) >= 11 is 10.6. The first-order chi connectivity index (χ1) is 7.11. The molecule has 2 amide bonds. The van der Waals surface area contributed by atoms with Crippen LogP contribution in [0.3, 0.4) is 0 Å². The first kappa shape index (κ1) is 10.3. The summed E-state index contributed by atoms with van der Waals surface area (Å²) in [6, 6.07) is 0. The fourth-order valence-corrected chi connectivity index (χ4v) is 1.61. The summed E-state index contributed by atoms with van der Waals surface area (Å²) in [6.07, 6.45) is 0.528. The zero-order valence-corrected chi connectivity index (χ0v) is 8.89. The number of carbonyl (C=O) groups is 2. The molecule has 6 nitrogen and oxygen atoms in total. The highest BCUT2D eigenvalue weighted by molar-refractivity contribution is 6.43. The molecule has 2 N–H and O–H groups in total. The Balaban J connectivity index is 2.43. The maximum Gasteiger partial charge on any atom is 0.301 e. The first-order valence-corrected chi connectivity index (χ1v) is 4.80. The van der Waals surface area contributed by atoms with Gasteiger partial charge in [-0.1, -0.05) is 0 Å². The van der Waals surface area contributed by atoms with Gasteiger partial charge in [0.1, 0.15) is 5.69 Å². The summed E-state index contributed by atoms with van der Waals surface area (Å²) in [7, 11) is 0. The largest absolute Gasteiger partial charge is 0.350 e. The van der Waals surface area contributed by atoms with Crippen molar-refractivity contribution in [1.29, 1.82) is 0 Å². The van der Waals surface area contributed by atoms with E-state index in [1.807, 2.05) is 0 Å². The summed E-state index contributed by atoms with van der Waals surface area (Å²) in [5.74, 6) is -0.927. The molecule has 0 radical (unpaired) electrons. The van der Waals surface area contributed by atoms with Crippen LogP contribution in [0.4, 0.5) is 0 Å². The minimum Gasteiger partial charge on any atom is -0.350 e. The molecule has 0 fully saturated rings. The number of halogens is 2. The fraction of sp³-hybridized carbons (Fsp3) is 0.286. The fourth-order valence-electron chi connectivity index (χ4n) is 1.44. The van der Waals surface area contributed by atoms with E-state index in [0.29, 0.717) is 22.5 Å². The van der Waals surface area contributed by atoms with Gasteiger partial charge < -0.3 is 5.32 Å². The molecule has 1 aliphatic heterocycles. The molecule has 1 aromatic rings. The Morgan fingerprint density at radius 1 is 1.47 bits per heavy atom. The lowest BCUT2D eigenvalue weighted by Crippen LogP contribution is -2.32. The molecule has 8 heteroatoms. The van der Waals surface area contributed by atoms with E-state index in [0.717, 1.165) is 0 Å². The predicted molar refractivity (Wildman–Crippen MR) is 52.5 cm³/mol. The van der Waals surface area contributed by atoms with Gasteiger partial charge in [-0.3, -0.25) is 14.7 Å². The third-order valence-electron chi connectivity index (χ3n) is 2.11. The number of rotatable bonds is 1. The van der Waals surface area contributed by atoms with Crippen molar-refractivity contribution in [3.8, 4) is 0 Å². The van der Waals surface area contributed by atoms with Gasteiger partial charge in [0.2, 0.25) is 0 Å². The van der Waals surface area contributed by atoms with Crippen LogP contribution >= 0.6 is 23.6 Å². The van der Waals surface area contributed by atoms with Gasteiger partial charge in [-0.25, -0.2) is 0 Å². The van der Waals surface area contributed by atoms with Gasteiger partial charge in [-0.2, -0.15) is 9.04 Å². The monoisotopic (exact) mass is 248 g/mol. The Kier molecular flexibility index (Phi) is 2.54. The number of hydrogen-bond donors (Lipinski definition) is 2. The summed E-state index contributed by atoms with van der Waals surface area (Å²) in [4.78, 5) is 22.8. The highest BCUT2D eigenvalue weighted by atomic mass is 35.5. The van der Waals surface area contributed by atoms with Crippen molar-refractivity contribution >= 4 is 35.4 Å². The Hall–Kier alpha value is -1.27. The quantitative estimate of drug-likeness (QED) is 0.709. The molecule has 0 unspecified atom stereocenters. The van der Waals surface area contributed by atoms with Crippen LogP contribution in [0, 0.1) is 0 Å². The summed E-state index contributed by atoms with van der Waals surface area (Å²) in [6.45, 7) is 0.468. The molecule has 0 aliphatic carbocycles. The number of fused-ring (bicyclic) bond motifs is 1. The smallest absolute Gasteiger partial charge is 0.301 e. The lowest BCUT2D eigenvalue weighted by Gasteiger charge is -2.12. The molecule has 2 heterocycles. The minimum absolute atomic E-state index is 0.157. The molecule has 0 saturated carbocycles. The number of hydrogen-bond acceptors (Lipinski definition) is 3. The van der Waals surface area contributed by atoms with Crippen LogP contribution in [0.1, 0.15) is 26.5 Å². The van der Waals surface area contributed by atoms with Crippen LogP contribution in [0.5, 0.6) is 0 Å². The van der Waals surface area contributed by atoms with Crippen LogP contribution in [-0.4, -0.2) is 32.5 Å². The van der Waals surface area contributed by atoms with Gasteiger partial charge in [0.25, 0.3) is 5.91 Å². The average molecular weight is 249 g/mol. The number of amides is 2. The standard InChI is InChI=1S/C7H6Cl2N4O2/c8-13(9)7(15)5-3-1-2-10-6(14)4(3)11-12-5/h1-2H2,(H,10,14)(H,11,12). The lowest BCUT2D eigenvalue weighted by molar-refractivity contribution is 0.0917. The molecule has 0 saturated heterocycles. The zero-order valence-electron chi connectivity index (χ0n) is 7.38. The Labute approximate surface area is 94.7 Å². The number of nitrogens with zero attached hydrogens (tertiary/aromatic N) is 2. The normalized spacial score (nSPS) is 14.4. The number of H-pyrrole nitrogens is 1. The molecule has 1 aromatic heterocycles. The molecule has 0 atom stereocenters. The van der Waals surface area contributed by atoms with Gasteiger partial charge in [0.15, 0.2) is 5.69 Å². The maximum absolute atomic E-state index is 11.4. The molecule has 80 valence electrons. The third-order valence-corrected chi connectivity index (χ3v) is 2.42. The second-order valence-corrected chi connectivity index (χ2v) is 3.82. The van der Waals surface area contributed by atoms with Crippen molar-refractivity contribution < 1.29 is 9.59 Å². The van der Waals surface area contributed by atoms with Crippen molar-refractivity contribution in [3.63, 3.8) is 0 Å². The van der Waals surface area contributed by atoms with Gasteiger partial charge in [-0.15, -0.1) is 0 Å². The molecular formula is C7H6Cl2N4O2. The van der Waals surface area contributed by atoms with Crippen molar-refractivity contribution in [2.24, 2.45) is 0 Å². The average Bonchev–Trinajstić information content (AvgIpc) is 2.61. The Bertz CT molecular complexity index is 429. The molecule has 2 rings (SSSR count). The topological polar surface area (TPSA) is 78.1 Å². The van der Waals surface area contributed by atoms with Crippen LogP contribution < -0.4 is 5.32 Å². The second-order valence-electron chi connectivity index (χ2n) is 2.97. The molecular weight excluding hydrogens is 243 g/mol. The number of aromatic nitrogens is 2. The van der Waals surface area contributed by atoms with Gasteiger partial charge in [0.05, 0.1) is 0 Å². The van der Waals surface area contributed by atoms with Crippen molar-refractivity contribution in [1.82, 2.24) is 19.5 Å². The van der Waals surface area contributed by atoms with Crippen LogP contribution in [0.15, 0.2) is 0 Å². The zero-order chi connectivity index (χ0) is 11.0. The highest BCUT2D eigenvalue weighted by Gasteiger charge is 2.27. The lowest BCUT2D eigenvalue weighted by atomic mass is 10.1. The van der Waals surface area contributed by atoms with E-state index >= 15 is 0 Å². The van der Waals surface area contributed by atoms with E-state index in [4.69, 9.17) is 23.6 Å². The van der Waals surface area contributed by atoms with E-state index < -0.39 is 5.91 Å². The number of nitrogens with one attached hydrogen (secondary N) is 2. The predicted octanol–water partition coefficient (Wildman–Crippen LogP) is 0.445. The van der Waals surface area contributed by atoms with Crippen LogP contribution in [-0.2, 0) is 6.42 Å². The maximum atomic E-state index is 11.4. The van der Waals surface area contributed by atoms with E-state index in [2.05, 4.69) is 15.5 Å². The molecule has 0 bridgehead atoms. The van der Waals surface area contributed by atoms with Gasteiger partial charge in [-0.05, 0) is 6.42 Å². The third kappa shape index (κ3) is 1.66. The second kappa shape index (κ2) is 3.71. The Morgan fingerprint density at radius 2 is 2.20 bits per heavy atom. The molecule has 15 heavy (non-hydrogen) atoms. The summed E-state index contributed by atoms with van der Waals surface area (Å²) in [5.41, 5.74) is 0.930. The summed E-state index contributed by atoms with van der Waals surface area (Å²) in [5, 5.41) is 8.80. The number of aromatic amines is 1.